The number of rotatable bonds is 14. The molecule has 0 radical (unpaired) electrons. The highest BCUT2D eigenvalue weighted by atomic mass is 35.5. The number of benzene rings is 3. The summed E-state index contributed by atoms with van der Waals surface area (Å²) in [6.07, 6.45) is 0. The Hall–Kier alpha value is -3.96. The van der Waals surface area contributed by atoms with Crippen molar-refractivity contribution in [2.75, 3.05) is 38.7 Å². The van der Waals surface area contributed by atoms with Gasteiger partial charge in [-0.25, -0.2) is 8.42 Å². The minimum absolute atomic E-state index is 0.0512. The fourth-order valence-corrected chi connectivity index (χ4v) is 6.00. The van der Waals surface area contributed by atoms with Crippen molar-refractivity contribution in [1.29, 1.82) is 0 Å². The van der Waals surface area contributed by atoms with Crippen LogP contribution < -0.4 is 23.8 Å². The average molecular weight is 646 g/mol. The fourth-order valence-electron chi connectivity index (χ4n) is 4.40. The number of hydrogen-bond donors (Lipinski definition) is 1. The van der Waals surface area contributed by atoms with E-state index in [4.69, 9.17) is 25.8 Å². The lowest BCUT2D eigenvalue weighted by molar-refractivity contribution is -0.139. The summed E-state index contributed by atoms with van der Waals surface area (Å²) in [5.74, 6) is -0.0594. The summed E-state index contributed by atoms with van der Waals surface area (Å²) in [4.78, 5) is 28.6. The van der Waals surface area contributed by atoms with Crippen LogP contribution in [0.15, 0.2) is 65.6 Å². The van der Waals surface area contributed by atoms with Crippen molar-refractivity contribution in [3.8, 4) is 17.2 Å². The van der Waals surface area contributed by atoms with Gasteiger partial charge in [0.1, 0.15) is 18.3 Å². The highest BCUT2D eigenvalue weighted by molar-refractivity contribution is 7.92. The van der Waals surface area contributed by atoms with Crippen molar-refractivity contribution < 1.29 is 32.2 Å². The maximum Gasteiger partial charge on any atom is 0.265 e. The van der Waals surface area contributed by atoms with E-state index in [1.165, 1.54) is 56.6 Å². The first kappa shape index (κ1) is 34.5. The molecule has 0 heterocycles. The number of nitrogens with zero attached hydrogens (tertiary/aromatic N) is 2. The Morgan fingerprint density at radius 2 is 1.48 bits per heavy atom. The van der Waals surface area contributed by atoms with E-state index >= 15 is 0 Å². The first-order valence-electron chi connectivity index (χ1n) is 14.0. The fraction of sp³-hybridized carbons (Fsp3) is 0.375. The third kappa shape index (κ3) is 8.35. The van der Waals surface area contributed by atoms with Crippen LogP contribution in [0, 0.1) is 12.8 Å². The van der Waals surface area contributed by atoms with Crippen LogP contribution in [0.25, 0.3) is 0 Å². The number of halogens is 1. The maximum atomic E-state index is 14.3. The second kappa shape index (κ2) is 15.2. The standard InChI is InChI=1S/C32H40ClN3O7S/c1-21(2)18-34-32(38)23(4)35(19-24-10-8-22(3)9-11-24)31(37)20-36(27-16-25(33)12-14-28(27)41-5)44(39,40)26-13-15-29(42-6)30(17-26)43-7/h8-17,21,23H,18-20H2,1-7H3,(H,34,38)/t23-/m1/s1. The van der Waals surface area contributed by atoms with Crippen LogP contribution in [0.4, 0.5) is 5.69 Å². The molecule has 0 aromatic heterocycles. The SMILES string of the molecule is COc1ccc(S(=O)(=O)N(CC(=O)N(Cc2ccc(C)cc2)[C@H](C)C(=O)NCC(C)C)c2cc(Cl)ccc2OC)cc1OC. The number of carbonyl (C=O) groups excluding carboxylic acids is 2. The van der Waals surface area contributed by atoms with Gasteiger partial charge >= 0.3 is 0 Å². The number of hydrogen-bond acceptors (Lipinski definition) is 7. The quantitative estimate of drug-likeness (QED) is 0.261. The molecule has 0 saturated carbocycles. The highest BCUT2D eigenvalue weighted by Gasteiger charge is 2.34. The van der Waals surface area contributed by atoms with Crippen LogP contribution in [0.2, 0.25) is 5.02 Å². The Bertz CT molecular complexity index is 1560. The third-order valence-corrected chi connectivity index (χ3v) is 8.95. The monoisotopic (exact) mass is 645 g/mol. The maximum absolute atomic E-state index is 14.3. The van der Waals surface area contributed by atoms with E-state index in [0.717, 1.165) is 15.4 Å². The van der Waals surface area contributed by atoms with Crippen molar-refractivity contribution in [3.05, 3.63) is 76.8 Å². The van der Waals surface area contributed by atoms with E-state index < -0.39 is 28.5 Å². The first-order chi connectivity index (χ1) is 20.8. The lowest BCUT2D eigenvalue weighted by Gasteiger charge is -2.32. The Labute approximate surface area is 264 Å². The third-order valence-electron chi connectivity index (χ3n) is 6.96. The zero-order chi connectivity index (χ0) is 32.6. The molecule has 1 N–H and O–H groups in total. The van der Waals surface area contributed by atoms with Gasteiger partial charge in [0.15, 0.2) is 11.5 Å². The van der Waals surface area contributed by atoms with Gasteiger partial charge in [-0.3, -0.25) is 13.9 Å². The van der Waals surface area contributed by atoms with E-state index in [9.17, 15) is 18.0 Å². The molecule has 0 aliphatic rings. The molecule has 10 nitrogen and oxygen atoms in total. The molecular weight excluding hydrogens is 606 g/mol. The van der Waals surface area contributed by atoms with Gasteiger partial charge in [0.2, 0.25) is 11.8 Å². The zero-order valence-corrected chi connectivity index (χ0v) is 27.7. The van der Waals surface area contributed by atoms with Crippen molar-refractivity contribution in [1.82, 2.24) is 10.2 Å². The minimum Gasteiger partial charge on any atom is -0.495 e. The topological polar surface area (TPSA) is 114 Å². The molecule has 0 aliphatic carbocycles. The molecule has 0 bridgehead atoms. The molecule has 12 heteroatoms. The van der Waals surface area contributed by atoms with E-state index in [2.05, 4.69) is 5.32 Å². The summed E-state index contributed by atoms with van der Waals surface area (Å²) >= 11 is 6.31. The average Bonchev–Trinajstić information content (AvgIpc) is 3.01. The van der Waals surface area contributed by atoms with Gasteiger partial charge in [-0.15, -0.1) is 0 Å². The predicted molar refractivity (Wildman–Crippen MR) is 171 cm³/mol. The van der Waals surface area contributed by atoms with Gasteiger partial charge in [-0.2, -0.15) is 0 Å². The number of methoxy groups -OCH3 is 3. The van der Waals surface area contributed by atoms with Gasteiger partial charge in [-0.05, 0) is 55.7 Å². The molecule has 0 spiro atoms. The van der Waals surface area contributed by atoms with Crippen molar-refractivity contribution >= 4 is 39.1 Å². The normalized spacial score (nSPS) is 11.9. The van der Waals surface area contributed by atoms with E-state index in [-0.39, 0.29) is 45.5 Å². The first-order valence-corrected chi connectivity index (χ1v) is 15.8. The molecule has 3 aromatic carbocycles. The van der Waals surface area contributed by atoms with Gasteiger partial charge in [-0.1, -0.05) is 55.3 Å². The molecule has 2 amide bonds. The van der Waals surface area contributed by atoms with Gasteiger partial charge in [0.05, 0.1) is 31.9 Å². The molecule has 3 rings (SSSR count). The van der Waals surface area contributed by atoms with Gasteiger partial charge < -0.3 is 24.4 Å². The number of sulfonamides is 1. The lowest BCUT2D eigenvalue weighted by atomic mass is 10.1. The molecule has 1 atom stereocenters. The van der Waals surface area contributed by atoms with Crippen LogP contribution in [0.5, 0.6) is 17.2 Å². The van der Waals surface area contributed by atoms with E-state index in [1.807, 2.05) is 45.0 Å². The van der Waals surface area contributed by atoms with Crippen LogP contribution in [-0.2, 0) is 26.2 Å². The molecule has 238 valence electrons. The summed E-state index contributed by atoms with van der Waals surface area (Å²) in [5, 5.41) is 3.11. The summed E-state index contributed by atoms with van der Waals surface area (Å²) < 4.78 is 45.6. The smallest absolute Gasteiger partial charge is 0.265 e. The van der Waals surface area contributed by atoms with Crippen LogP contribution in [0.3, 0.4) is 0 Å². The number of nitrogens with one attached hydrogen (secondary N) is 1. The van der Waals surface area contributed by atoms with Gasteiger partial charge in [0, 0.05) is 24.2 Å². The molecule has 3 aromatic rings. The van der Waals surface area contributed by atoms with Crippen LogP contribution in [0.1, 0.15) is 31.9 Å². The summed E-state index contributed by atoms with van der Waals surface area (Å²) in [5.41, 5.74) is 1.87. The lowest BCUT2D eigenvalue weighted by Crippen LogP contribution is -2.51. The van der Waals surface area contributed by atoms with Gasteiger partial charge in [0.25, 0.3) is 10.0 Å². The molecular formula is C32H40ClN3O7S. The molecule has 0 fully saturated rings. The molecule has 0 aliphatic heterocycles. The molecule has 0 saturated heterocycles. The summed E-state index contributed by atoms with van der Waals surface area (Å²) in [6.45, 7) is 7.35. The number of carbonyl (C=O) groups is 2. The Kier molecular flexibility index (Phi) is 11.9. The Balaban J connectivity index is 2.13. The highest BCUT2D eigenvalue weighted by Crippen LogP contribution is 2.37. The molecule has 44 heavy (non-hydrogen) atoms. The van der Waals surface area contributed by atoms with E-state index in [1.54, 1.807) is 13.0 Å². The second-order valence-electron chi connectivity index (χ2n) is 10.7. The number of ether oxygens (including phenoxy) is 3. The number of aryl methyl sites for hydroxylation is 1. The number of anilines is 1. The van der Waals surface area contributed by atoms with Crippen molar-refractivity contribution in [2.45, 2.75) is 45.2 Å². The minimum atomic E-state index is -4.42. The predicted octanol–water partition coefficient (Wildman–Crippen LogP) is 5.06. The van der Waals surface area contributed by atoms with Crippen molar-refractivity contribution in [3.63, 3.8) is 0 Å². The second-order valence-corrected chi connectivity index (χ2v) is 13.0. The zero-order valence-electron chi connectivity index (χ0n) is 26.1. The number of amides is 2. The van der Waals surface area contributed by atoms with Crippen LogP contribution >= 0.6 is 11.6 Å². The summed E-state index contributed by atoms with van der Waals surface area (Å²) in [7, 11) is -0.202. The molecule has 0 unspecified atom stereocenters. The van der Waals surface area contributed by atoms with Crippen molar-refractivity contribution in [2.24, 2.45) is 5.92 Å². The van der Waals surface area contributed by atoms with E-state index in [0.29, 0.717) is 12.3 Å². The Morgan fingerprint density at radius 1 is 0.864 bits per heavy atom. The van der Waals surface area contributed by atoms with Crippen LogP contribution in [-0.4, -0.2) is 65.6 Å². The largest absolute Gasteiger partial charge is 0.495 e. The Morgan fingerprint density at radius 3 is 2.07 bits per heavy atom. The summed E-state index contributed by atoms with van der Waals surface area (Å²) in [6, 6.07) is 15.3.